The molecule has 1 aromatic rings. The minimum absolute atomic E-state index is 0.0330. The summed E-state index contributed by atoms with van der Waals surface area (Å²) in [6.45, 7) is 2.56. The van der Waals surface area contributed by atoms with Crippen LogP contribution in [0.1, 0.15) is 13.3 Å². The maximum atomic E-state index is 13.7. The number of halogens is 2. The third kappa shape index (κ3) is 2.92. The molecule has 1 saturated heterocycles. The molecule has 0 amide bonds. The lowest BCUT2D eigenvalue weighted by molar-refractivity contribution is 0.107. The highest BCUT2D eigenvalue weighted by molar-refractivity contribution is 7.89. The Balaban J connectivity index is 2.16. The summed E-state index contributed by atoms with van der Waals surface area (Å²) in [4.78, 5) is -0.650. The molecule has 1 fully saturated rings. The summed E-state index contributed by atoms with van der Waals surface area (Å²) in [6, 6.07) is 1.69. The molecule has 2 atom stereocenters. The molecule has 5 nitrogen and oxygen atoms in total. The van der Waals surface area contributed by atoms with Gasteiger partial charge in [-0.15, -0.1) is 0 Å². The molecular formula is C12H16F2N2O3S. The summed E-state index contributed by atoms with van der Waals surface area (Å²) in [5.41, 5.74) is 4.36. The molecule has 0 saturated carbocycles. The zero-order valence-electron chi connectivity index (χ0n) is 10.9. The van der Waals surface area contributed by atoms with E-state index in [1.54, 1.807) is 0 Å². The predicted molar refractivity (Wildman–Crippen MR) is 69.5 cm³/mol. The van der Waals surface area contributed by atoms with Crippen molar-refractivity contribution in [3.63, 3.8) is 0 Å². The molecule has 112 valence electrons. The van der Waals surface area contributed by atoms with Crippen molar-refractivity contribution in [1.82, 2.24) is 4.72 Å². The molecule has 2 unspecified atom stereocenters. The first-order chi connectivity index (χ1) is 9.33. The van der Waals surface area contributed by atoms with Crippen molar-refractivity contribution in [3.05, 3.63) is 23.8 Å². The minimum atomic E-state index is -4.07. The van der Waals surface area contributed by atoms with E-state index in [1.165, 1.54) is 0 Å². The van der Waals surface area contributed by atoms with E-state index in [-0.39, 0.29) is 18.6 Å². The zero-order valence-corrected chi connectivity index (χ0v) is 11.7. The van der Waals surface area contributed by atoms with Gasteiger partial charge in [-0.3, -0.25) is 0 Å². The van der Waals surface area contributed by atoms with E-state index in [1.807, 2.05) is 6.92 Å². The second kappa shape index (κ2) is 5.63. The number of benzene rings is 1. The number of nitrogens with one attached hydrogen (secondary N) is 1. The number of hydrogen-bond donors (Lipinski definition) is 2. The van der Waals surface area contributed by atoms with Gasteiger partial charge in [-0.25, -0.2) is 21.9 Å². The first-order valence-electron chi connectivity index (χ1n) is 6.17. The second-order valence-electron chi connectivity index (χ2n) is 4.75. The van der Waals surface area contributed by atoms with Gasteiger partial charge in [0, 0.05) is 19.1 Å². The van der Waals surface area contributed by atoms with Crippen molar-refractivity contribution >= 4 is 15.7 Å². The van der Waals surface area contributed by atoms with Crippen molar-refractivity contribution in [2.24, 2.45) is 5.92 Å². The Morgan fingerprint density at radius 2 is 2.15 bits per heavy atom. The fourth-order valence-electron chi connectivity index (χ4n) is 2.10. The summed E-state index contributed by atoms with van der Waals surface area (Å²) in [5.74, 6) is -2.22. The first-order valence-corrected chi connectivity index (χ1v) is 7.66. The van der Waals surface area contributed by atoms with Crippen LogP contribution in [-0.2, 0) is 14.8 Å². The van der Waals surface area contributed by atoms with Crippen LogP contribution in [-0.4, -0.2) is 27.7 Å². The summed E-state index contributed by atoms with van der Waals surface area (Å²) in [5, 5.41) is 0. The third-order valence-electron chi connectivity index (χ3n) is 3.45. The summed E-state index contributed by atoms with van der Waals surface area (Å²) in [7, 11) is -4.07. The van der Waals surface area contributed by atoms with Crippen LogP contribution in [0.2, 0.25) is 0 Å². The molecule has 1 aliphatic heterocycles. The van der Waals surface area contributed by atoms with Crippen molar-refractivity contribution in [2.75, 3.05) is 18.9 Å². The third-order valence-corrected chi connectivity index (χ3v) is 4.89. The fraction of sp³-hybridized carbons (Fsp3) is 0.500. The molecular weight excluding hydrogens is 290 g/mol. The number of hydrogen-bond acceptors (Lipinski definition) is 4. The average molecular weight is 306 g/mol. The quantitative estimate of drug-likeness (QED) is 0.820. The number of nitrogens with two attached hydrogens (primary N) is 1. The topological polar surface area (TPSA) is 81.4 Å². The van der Waals surface area contributed by atoms with E-state index in [2.05, 4.69) is 4.72 Å². The molecule has 8 heteroatoms. The summed E-state index contributed by atoms with van der Waals surface area (Å²) in [6.07, 6.45) is 0.679. The average Bonchev–Trinajstić information content (AvgIpc) is 2.79. The largest absolute Gasteiger partial charge is 0.394 e. The molecule has 1 aromatic carbocycles. The molecule has 0 aromatic heterocycles. The van der Waals surface area contributed by atoms with Crippen molar-refractivity contribution < 1.29 is 21.9 Å². The predicted octanol–water partition coefficient (Wildman–Crippen LogP) is 1.25. The van der Waals surface area contributed by atoms with Gasteiger partial charge in [0.1, 0.15) is 16.4 Å². The van der Waals surface area contributed by atoms with Gasteiger partial charge >= 0.3 is 0 Å². The van der Waals surface area contributed by atoms with Crippen LogP contribution in [0.4, 0.5) is 14.5 Å². The van der Waals surface area contributed by atoms with Gasteiger partial charge in [-0.1, -0.05) is 0 Å². The van der Waals surface area contributed by atoms with Gasteiger partial charge < -0.3 is 10.5 Å². The number of ether oxygens (including phenoxy) is 1. The molecule has 2 rings (SSSR count). The number of rotatable bonds is 4. The Morgan fingerprint density at radius 1 is 1.45 bits per heavy atom. The molecule has 1 heterocycles. The van der Waals surface area contributed by atoms with Crippen LogP contribution in [0.5, 0.6) is 0 Å². The Morgan fingerprint density at radius 3 is 2.75 bits per heavy atom. The maximum Gasteiger partial charge on any atom is 0.243 e. The van der Waals surface area contributed by atoms with E-state index >= 15 is 0 Å². The monoisotopic (exact) mass is 306 g/mol. The van der Waals surface area contributed by atoms with E-state index in [0.717, 1.165) is 18.6 Å². The van der Waals surface area contributed by atoms with Crippen molar-refractivity contribution in [2.45, 2.75) is 24.3 Å². The van der Waals surface area contributed by atoms with Crippen LogP contribution in [0.25, 0.3) is 0 Å². The van der Waals surface area contributed by atoms with Crippen LogP contribution in [0, 0.1) is 17.6 Å². The molecule has 0 aliphatic carbocycles. The van der Waals surface area contributed by atoms with Crippen LogP contribution >= 0.6 is 0 Å². The fourth-order valence-corrected chi connectivity index (χ4v) is 3.28. The van der Waals surface area contributed by atoms with Gasteiger partial charge in [0.2, 0.25) is 10.0 Å². The Bertz CT molecular complexity index is 607. The van der Waals surface area contributed by atoms with Gasteiger partial charge in [0.25, 0.3) is 0 Å². The molecule has 0 bridgehead atoms. The number of nitrogen functional groups attached to an aromatic ring is 1. The van der Waals surface area contributed by atoms with Crippen LogP contribution in [0.15, 0.2) is 17.0 Å². The SMILES string of the molecule is CC1OCCC1CNS(=O)(=O)c1ccc(F)c(N)c1F. The zero-order chi connectivity index (χ0) is 14.9. The van der Waals surface area contributed by atoms with Gasteiger partial charge in [-0.05, 0) is 25.5 Å². The number of anilines is 1. The van der Waals surface area contributed by atoms with Crippen molar-refractivity contribution in [1.29, 1.82) is 0 Å². The minimum Gasteiger partial charge on any atom is -0.394 e. The standard InChI is InChI=1S/C12H16F2N2O3S/c1-7-8(4-5-19-7)6-16-20(17,18)10-3-2-9(13)12(15)11(10)14/h2-3,7-8,16H,4-6,15H2,1H3. The lowest BCUT2D eigenvalue weighted by Crippen LogP contribution is -2.32. The Hall–Kier alpha value is -1.25. The highest BCUT2D eigenvalue weighted by atomic mass is 32.2. The normalized spacial score (nSPS) is 23.1. The molecule has 3 N–H and O–H groups in total. The van der Waals surface area contributed by atoms with Gasteiger partial charge in [0.15, 0.2) is 5.82 Å². The first kappa shape index (κ1) is 15.1. The van der Waals surface area contributed by atoms with E-state index < -0.39 is 32.2 Å². The van der Waals surface area contributed by atoms with Crippen molar-refractivity contribution in [3.8, 4) is 0 Å². The molecule has 0 radical (unpaired) electrons. The highest BCUT2D eigenvalue weighted by Crippen LogP contribution is 2.24. The van der Waals surface area contributed by atoms with Crippen LogP contribution in [0.3, 0.4) is 0 Å². The van der Waals surface area contributed by atoms with Gasteiger partial charge in [-0.2, -0.15) is 0 Å². The maximum absolute atomic E-state index is 13.7. The lowest BCUT2D eigenvalue weighted by Gasteiger charge is -2.15. The second-order valence-corrected chi connectivity index (χ2v) is 6.49. The number of sulfonamides is 1. The van der Waals surface area contributed by atoms with E-state index in [9.17, 15) is 17.2 Å². The Labute approximate surface area is 116 Å². The lowest BCUT2D eigenvalue weighted by atomic mass is 10.0. The smallest absolute Gasteiger partial charge is 0.243 e. The van der Waals surface area contributed by atoms with Crippen LogP contribution < -0.4 is 10.5 Å². The van der Waals surface area contributed by atoms with E-state index in [4.69, 9.17) is 10.5 Å². The molecule has 1 aliphatic rings. The summed E-state index contributed by atoms with van der Waals surface area (Å²) < 4.78 is 58.4. The summed E-state index contributed by atoms with van der Waals surface area (Å²) >= 11 is 0. The molecule has 20 heavy (non-hydrogen) atoms. The Kier molecular flexibility index (Phi) is 4.26. The molecule has 0 spiro atoms. The van der Waals surface area contributed by atoms with E-state index in [0.29, 0.717) is 6.61 Å². The van der Waals surface area contributed by atoms with Gasteiger partial charge in [0.05, 0.1) is 6.10 Å². The highest BCUT2D eigenvalue weighted by Gasteiger charge is 2.28.